The topological polar surface area (TPSA) is 9.23 Å². The molecular formula is C23H23I2O+. The first kappa shape index (κ1) is 19.7. The van der Waals surface area contributed by atoms with E-state index < -0.39 is 0 Å². The van der Waals surface area contributed by atoms with Gasteiger partial charge in [0.25, 0.3) is 0 Å². The van der Waals surface area contributed by atoms with Crippen LogP contribution >= 0.6 is 22.6 Å². The third kappa shape index (κ3) is 5.22. The molecule has 3 rings (SSSR count). The number of benzene rings is 3. The van der Waals surface area contributed by atoms with Crippen molar-refractivity contribution in [1.82, 2.24) is 0 Å². The molecule has 0 atom stereocenters. The quantitative estimate of drug-likeness (QED) is 0.435. The molecule has 0 radical (unpaired) electrons. The van der Waals surface area contributed by atoms with Crippen molar-refractivity contribution in [3.8, 4) is 11.5 Å². The molecule has 0 spiro atoms. The van der Waals surface area contributed by atoms with E-state index in [1.807, 2.05) is 12.1 Å². The van der Waals surface area contributed by atoms with Crippen LogP contribution in [0, 0.1) is 17.6 Å². The SMILES string of the molecule is Cc1cc(Oc2ccc(I)cc2)ccc1[I+]c1ccc(C(C)(C)C)cc1. The number of hydrogen-bond donors (Lipinski definition) is 0. The molecule has 3 aromatic carbocycles. The second kappa shape index (κ2) is 8.30. The van der Waals surface area contributed by atoms with E-state index in [1.165, 1.54) is 21.8 Å². The summed E-state index contributed by atoms with van der Waals surface area (Å²) >= 11 is 2.13. The zero-order valence-electron chi connectivity index (χ0n) is 15.5. The van der Waals surface area contributed by atoms with Gasteiger partial charge in [-0.1, -0.05) is 32.9 Å². The smallest absolute Gasteiger partial charge is 0.358 e. The van der Waals surface area contributed by atoms with Crippen molar-refractivity contribution in [2.75, 3.05) is 0 Å². The summed E-state index contributed by atoms with van der Waals surface area (Å²) in [7, 11) is 0. The van der Waals surface area contributed by atoms with Crippen molar-refractivity contribution in [2.24, 2.45) is 0 Å². The minimum atomic E-state index is -0.177. The van der Waals surface area contributed by atoms with Crippen molar-refractivity contribution in [3.05, 3.63) is 88.6 Å². The maximum Gasteiger partial charge on any atom is 0.358 e. The van der Waals surface area contributed by atoms with Crippen LogP contribution in [0.5, 0.6) is 11.5 Å². The van der Waals surface area contributed by atoms with E-state index in [2.05, 4.69) is 105 Å². The molecule has 0 heterocycles. The van der Waals surface area contributed by atoms with Gasteiger partial charge in [0.05, 0.1) is 0 Å². The van der Waals surface area contributed by atoms with Crippen molar-refractivity contribution >= 4 is 22.6 Å². The second-order valence-corrected chi connectivity index (χ2v) is 11.5. The summed E-state index contributed by atoms with van der Waals surface area (Å²) in [5.41, 5.74) is 2.91. The van der Waals surface area contributed by atoms with Gasteiger partial charge >= 0.3 is 21.2 Å². The molecular weight excluding hydrogens is 546 g/mol. The Morgan fingerprint density at radius 1 is 0.808 bits per heavy atom. The molecule has 3 aromatic rings. The van der Waals surface area contributed by atoms with Crippen LogP contribution in [0.15, 0.2) is 66.7 Å². The molecule has 0 aliphatic rings. The normalized spacial score (nSPS) is 11.4. The van der Waals surface area contributed by atoms with Gasteiger partial charge in [0.2, 0.25) is 0 Å². The lowest BCUT2D eigenvalue weighted by Gasteiger charge is -2.18. The van der Waals surface area contributed by atoms with E-state index in [0.717, 1.165) is 11.5 Å². The third-order valence-corrected chi connectivity index (χ3v) is 7.95. The molecule has 0 unspecified atom stereocenters. The Balaban J connectivity index is 1.72. The second-order valence-electron chi connectivity index (χ2n) is 7.32. The fourth-order valence-electron chi connectivity index (χ4n) is 2.56. The van der Waals surface area contributed by atoms with Gasteiger partial charge in [-0.2, -0.15) is 0 Å². The minimum Gasteiger partial charge on any atom is -0.457 e. The summed E-state index contributed by atoms with van der Waals surface area (Å²) in [6.45, 7) is 8.95. The molecule has 0 bridgehead atoms. The van der Waals surface area contributed by atoms with E-state index in [-0.39, 0.29) is 26.6 Å². The molecule has 1 nitrogen and oxygen atoms in total. The highest BCUT2D eigenvalue weighted by Gasteiger charge is 2.20. The molecule has 0 aromatic heterocycles. The number of rotatable bonds is 4. The lowest BCUT2D eigenvalue weighted by Crippen LogP contribution is -3.61. The summed E-state index contributed by atoms with van der Waals surface area (Å²) in [6.07, 6.45) is 0. The van der Waals surface area contributed by atoms with Crippen LogP contribution in [-0.2, 0) is 5.41 Å². The van der Waals surface area contributed by atoms with Gasteiger partial charge in [0.1, 0.15) is 11.5 Å². The lowest BCUT2D eigenvalue weighted by molar-refractivity contribution is -0.598. The Morgan fingerprint density at radius 2 is 1.42 bits per heavy atom. The number of hydrogen-bond acceptors (Lipinski definition) is 1. The lowest BCUT2D eigenvalue weighted by atomic mass is 9.87. The zero-order chi connectivity index (χ0) is 18.7. The summed E-state index contributed by atoms with van der Waals surface area (Å²) < 4.78 is 10.1. The monoisotopic (exact) mass is 569 g/mol. The highest BCUT2D eigenvalue weighted by atomic mass is 127. The summed E-state index contributed by atoms with van der Waals surface area (Å²) in [6, 6.07) is 23.7. The standard InChI is InChI=1S/C23H23I2O/c1-16-15-21(26-20-11-7-18(24)8-12-20)13-14-22(16)25-19-9-5-17(6-10-19)23(2,3)4/h5-15H,1-4H3/q+1. The first-order valence-electron chi connectivity index (χ1n) is 8.61. The van der Waals surface area contributed by atoms with Crippen LogP contribution < -0.4 is 25.9 Å². The molecule has 3 heteroatoms. The van der Waals surface area contributed by atoms with Crippen LogP contribution in [-0.4, -0.2) is 0 Å². The molecule has 0 amide bonds. The van der Waals surface area contributed by atoms with Crippen LogP contribution in [0.1, 0.15) is 31.9 Å². The fourth-order valence-corrected chi connectivity index (χ4v) is 5.25. The predicted octanol–water partition coefficient (Wildman–Crippen LogP) is 3.82. The average molecular weight is 569 g/mol. The molecule has 26 heavy (non-hydrogen) atoms. The van der Waals surface area contributed by atoms with Crippen molar-refractivity contribution < 1.29 is 25.9 Å². The van der Waals surface area contributed by atoms with Crippen LogP contribution in [0.2, 0.25) is 0 Å². The summed E-state index contributed by atoms with van der Waals surface area (Å²) in [4.78, 5) is 0. The first-order valence-corrected chi connectivity index (χ1v) is 11.8. The largest absolute Gasteiger partial charge is 0.457 e. The van der Waals surface area contributed by atoms with Crippen LogP contribution in [0.4, 0.5) is 0 Å². The van der Waals surface area contributed by atoms with E-state index in [0.29, 0.717) is 0 Å². The summed E-state index contributed by atoms with van der Waals surface area (Å²) in [5.74, 6) is 1.78. The summed E-state index contributed by atoms with van der Waals surface area (Å²) in [5, 5.41) is 0. The van der Waals surface area contributed by atoms with E-state index in [1.54, 1.807) is 0 Å². The zero-order valence-corrected chi connectivity index (χ0v) is 19.8. The van der Waals surface area contributed by atoms with Gasteiger partial charge in [0.15, 0.2) is 7.14 Å². The first-order chi connectivity index (χ1) is 12.3. The molecule has 0 aliphatic heterocycles. The highest BCUT2D eigenvalue weighted by molar-refractivity contribution is 14.1. The Labute approximate surface area is 180 Å². The minimum absolute atomic E-state index is 0.177. The Bertz CT molecular complexity index is 876. The third-order valence-electron chi connectivity index (χ3n) is 4.10. The van der Waals surface area contributed by atoms with Crippen molar-refractivity contribution in [2.45, 2.75) is 33.1 Å². The number of halogens is 2. The Morgan fingerprint density at radius 3 is 2.00 bits per heavy atom. The van der Waals surface area contributed by atoms with Crippen molar-refractivity contribution in [3.63, 3.8) is 0 Å². The maximum absolute atomic E-state index is 5.98. The van der Waals surface area contributed by atoms with E-state index in [9.17, 15) is 0 Å². The van der Waals surface area contributed by atoms with Gasteiger partial charge in [-0.15, -0.1) is 0 Å². The predicted molar refractivity (Wildman–Crippen MR) is 113 cm³/mol. The maximum atomic E-state index is 5.98. The van der Waals surface area contributed by atoms with E-state index >= 15 is 0 Å². The van der Waals surface area contributed by atoms with Gasteiger partial charge in [-0.25, -0.2) is 0 Å². The van der Waals surface area contributed by atoms with Crippen LogP contribution in [0.3, 0.4) is 0 Å². The Hall–Kier alpha value is -1.08. The molecule has 134 valence electrons. The number of aryl methyl sites for hydroxylation is 1. The number of ether oxygens (including phenoxy) is 1. The highest BCUT2D eigenvalue weighted by Crippen LogP contribution is 2.23. The Kier molecular flexibility index (Phi) is 6.28. The van der Waals surface area contributed by atoms with E-state index in [4.69, 9.17) is 4.74 Å². The average Bonchev–Trinajstić information content (AvgIpc) is 2.59. The fraction of sp³-hybridized carbons (Fsp3) is 0.217. The van der Waals surface area contributed by atoms with Gasteiger partial charge in [-0.3, -0.25) is 0 Å². The van der Waals surface area contributed by atoms with Crippen molar-refractivity contribution in [1.29, 1.82) is 0 Å². The molecule has 0 N–H and O–H groups in total. The molecule has 0 saturated heterocycles. The molecule has 0 fully saturated rings. The van der Waals surface area contributed by atoms with Gasteiger partial charge < -0.3 is 4.74 Å². The molecule has 0 aliphatic carbocycles. The van der Waals surface area contributed by atoms with Gasteiger partial charge in [-0.05, 0) is 95.1 Å². The van der Waals surface area contributed by atoms with Gasteiger partial charge in [0, 0.05) is 9.13 Å². The molecule has 0 saturated carbocycles. The van der Waals surface area contributed by atoms with Crippen LogP contribution in [0.25, 0.3) is 0 Å².